The van der Waals surface area contributed by atoms with Gasteiger partial charge in [0.05, 0.1) is 18.1 Å². The lowest BCUT2D eigenvalue weighted by Crippen LogP contribution is -2.16. The molecule has 0 aliphatic heterocycles. The molecule has 2 heterocycles. The molecule has 0 aliphatic rings. The molecule has 9 heteroatoms. The van der Waals surface area contributed by atoms with Crippen LogP contribution in [0.3, 0.4) is 0 Å². The fraction of sp³-hybridized carbons (Fsp3) is 0.0556. The van der Waals surface area contributed by atoms with Gasteiger partial charge in [-0.3, -0.25) is 9.89 Å². The molecule has 0 unspecified atom stereocenters. The number of halogens is 2. The summed E-state index contributed by atoms with van der Waals surface area (Å²) in [5.74, 6) is -2.42. The Morgan fingerprint density at radius 3 is 2.59 bits per heavy atom. The smallest absolute Gasteiger partial charge is 0.262 e. The number of H-pyrrole nitrogens is 2. The molecule has 2 aromatic heterocycles. The van der Waals surface area contributed by atoms with Crippen LogP contribution in [0.25, 0.3) is 22.6 Å². The quantitative estimate of drug-likeness (QED) is 0.513. The van der Waals surface area contributed by atoms with Gasteiger partial charge in [0.15, 0.2) is 11.6 Å². The highest BCUT2D eigenvalue weighted by Gasteiger charge is 2.20. The number of benzene rings is 2. The van der Waals surface area contributed by atoms with Gasteiger partial charge in [0.25, 0.3) is 5.91 Å². The molecule has 0 fully saturated rings. The van der Waals surface area contributed by atoms with Crippen LogP contribution >= 0.6 is 0 Å². The Morgan fingerprint density at radius 1 is 1.15 bits per heavy atom. The monoisotopic (exact) mass is 369 g/mol. The summed E-state index contributed by atoms with van der Waals surface area (Å²) in [4.78, 5) is 19.8. The number of aromatic nitrogens is 4. The van der Waals surface area contributed by atoms with Gasteiger partial charge in [-0.25, -0.2) is 13.8 Å². The van der Waals surface area contributed by atoms with E-state index in [1.165, 1.54) is 13.2 Å². The Labute approximate surface area is 151 Å². The van der Waals surface area contributed by atoms with Gasteiger partial charge in [-0.15, -0.1) is 0 Å². The first-order valence-electron chi connectivity index (χ1n) is 7.90. The number of hydrogen-bond donors (Lipinski definition) is 3. The Balaban J connectivity index is 1.58. The third-order valence-electron chi connectivity index (χ3n) is 3.94. The van der Waals surface area contributed by atoms with Gasteiger partial charge in [0.1, 0.15) is 28.6 Å². The molecule has 0 radical (unpaired) electrons. The Kier molecular flexibility index (Phi) is 4.03. The number of rotatable bonds is 4. The van der Waals surface area contributed by atoms with Crippen LogP contribution < -0.4 is 10.1 Å². The highest BCUT2D eigenvalue weighted by atomic mass is 19.1. The molecule has 0 bridgehead atoms. The van der Waals surface area contributed by atoms with E-state index in [-0.39, 0.29) is 11.6 Å². The second-order valence-electron chi connectivity index (χ2n) is 5.69. The molecule has 0 saturated heterocycles. The highest BCUT2D eigenvalue weighted by Crippen LogP contribution is 2.23. The van der Waals surface area contributed by atoms with Gasteiger partial charge in [-0.1, -0.05) is 12.1 Å². The van der Waals surface area contributed by atoms with E-state index in [9.17, 15) is 13.6 Å². The maximum Gasteiger partial charge on any atom is 0.262 e. The van der Waals surface area contributed by atoms with E-state index in [1.54, 1.807) is 0 Å². The standard InChI is InChI=1S/C18H13F2N5O2/c1-27-9-6-10(19)16(11(20)7-9)18(26)23-15-8-14(24-25-15)17-21-12-4-2-3-5-13(12)22-17/h2-8H,1H3,(H,21,22)(H2,23,24,25,26). The number of aromatic amines is 2. The van der Waals surface area contributed by atoms with Gasteiger partial charge < -0.3 is 15.0 Å². The molecule has 0 saturated carbocycles. The summed E-state index contributed by atoms with van der Waals surface area (Å²) in [6.45, 7) is 0. The minimum atomic E-state index is -1.03. The maximum atomic E-state index is 14.0. The number of hydrogen-bond acceptors (Lipinski definition) is 4. The van der Waals surface area contributed by atoms with Crippen molar-refractivity contribution >= 4 is 22.8 Å². The van der Waals surface area contributed by atoms with Crippen molar-refractivity contribution in [3.05, 3.63) is 59.7 Å². The van der Waals surface area contributed by atoms with Crippen LogP contribution in [0.1, 0.15) is 10.4 Å². The molecule has 4 rings (SSSR count). The van der Waals surface area contributed by atoms with Crippen molar-refractivity contribution in [2.24, 2.45) is 0 Å². The zero-order valence-corrected chi connectivity index (χ0v) is 14.0. The number of ether oxygens (including phenoxy) is 1. The van der Waals surface area contributed by atoms with Crippen molar-refractivity contribution in [3.63, 3.8) is 0 Å². The van der Waals surface area contributed by atoms with Crippen LogP contribution in [0.15, 0.2) is 42.5 Å². The predicted molar refractivity (Wildman–Crippen MR) is 94.5 cm³/mol. The number of methoxy groups -OCH3 is 1. The van der Waals surface area contributed by atoms with E-state index in [0.29, 0.717) is 11.5 Å². The lowest BCUT2D eigenvalue weighted by molar-refractivity contribution is 0.101. The zero-order valence-electron chi connectivity index (χ0n) is 14.0. The third kappa shape index (κ3) is 3.10. The van der Waals surface area contributed by atoms with Crippen LogP contribution in [0.2, 0.25) is 0 Å². The van der Waals surface area contributed by atoms with E-state index in [4.69, 9.17) is 4.74 Å². The first-order chi connectivity index (χ1) is 13.0. The molecule has 0 aliphatic carbocycles. The average Bonchev–Trinajstić information content (AvgIpc) is 3.27. The molecule has 27 heavy (non-hydrogen) atoms. The van der Waals surface area contributed by atoms with E-state index in [0.717, 1.165) is 23.2 Å². The van der Waals surface area contributed by atoms with Crippen LogP contribution in [0.4, 0.5) is 14.6 Å². The van der Waals surface area contributed by atoms with Gasteiger partial charge in [0.2, 0.25) is 0 Å². The van der Waals surface area contributed by atoms with Gasteiger partial charge in [-0.2, -0.15) is 5.10 Å². The number of para-hydroxylation sites is 2. The van der Waals surface area contributed by atoms with Crippen LogP contribution in [-0.2, 0) is 0 Å². The summed E-state index contributed by atoms with van der Waals surface area (Å²) in [5, 5.41) is 9.01. The molecule has 7 nitrogen and oxygen atoms in total. The van der Waals surface area contributed by atoms with E-state index in [2.05, 4.69) is 25.5 Å². The van der Waals surface area contributed by atoms with E-state index >= 15 is 0 Å². The summed E-state index contributed by atoms with van der Waals surface area (Å²) < 4.78 is 32.8. The first kappa shape index (κ1) is 16.7. The van der Waals surface area contributed by atoms with Crippen molar-refractivity contribution in [2.75, 3.05) is 12.4 Å². The first-order valence-corrected chi connectivity index (χ1v) is 7.90. The molecule has 4 aromatic rings. The van der Waals surface area contributed by atoms with Gasteiger partial charge in [0, 0.05) is 18.2 Å². The third-order valence-corrected chi connectivity index (χ3v) is 3.94. The predicted octanol–water partition coefficient (Wildman–Crippen LogP) is 3.49. The van der Waals surface area contributed by atoms with Crippen LogP contribution in [0.5, 0.6) is 5.75 Å². The summed E-state index contributed by atoms with van der Waals surface area (Å²) in [6.07, 6.45) is 0. The van der Waals surface area contributed by atoms with Crippen molar-refractivity contribution in [1.82, 2.24) is 20.2 Å². The van der Waals surface area contributed by atoms with Gasteiger partial charge in [-0.05, 0) is 12.1 Å². The molecular weight excluding hydrogens is 356 g/mol. The fourth-order valence-electron chi connectivity index (χ4n) is 2.65. The second-order valence-corrected chi connectivity index (χ2v) is 5.69. The maximum absolute atomic E-state index is 14.0. The summed E-state index contributed by atoms with van der Waals surface area (Å²) >= 11 is 0. The molecule has 136 valence electrons. The minimum absolute atomic E-state index is 0.0199. The minimum Gasteiger partial charge on any atom is -0.497 e. The number of nitrogens with zero attached hydrogens (tertiary/aromatic N) is 2. The van der Waals surface area contributed by atoms with E-state index in [1.807, 2.05) is 24.3 Å². The Bertz CT molecular complexity index is 1100. The average molecular weight is 369 g/mol. The largest absolute Gasteiger partial charge is 0.497 e. The second kappa shape index (κ2) is 6.52. The number of fused-ring (bicyclic) bond motifs is 1. The van der Waals surface area contributed by atoms with Crippen molar-refractivity contribution in [3.8, 4) is 17.3 Å². The van der Waals surface area contributed by atoms with Crippen LogP contribution in [0, 0.1) is 11.6 Å². The molecular formula is C18H13F2N5O2. The summed E-state index contributed by atoms with van der Waals surface area (Å²) in [6, 6.07) is 10.8. The number of anilines is 1. The number of carbonyl (C=O) groups excluding carboxylic acids is 1. The zero-order chi connectivity index (χ0) is 19.0. The van der Waals surface area contributed by atoms with Crippen molar-refractivity contribution in [2.45, 2.75) is 0 Å². The Morgan fingerprint density at radius 2 is 1.89 bits per heavy atom. The number of amides is 1. The molecule has 3 N–H and O–H groups in total. The lowest BCUT2D eigenvalue weighted by atomic mass is 10.1. The molecule has 1 amide bonds. The Hall–Kier alpha value is -3.75. The molecule has 0 atom stereocenters. The SMILES string of the molecule is COc1cc(F)c(C(=O)Nc2cc(-c3nc4ccccc4[nH]3)[nH]n2)c(F)c1. The lowest BCUT2D eigenvalue weighted by Gasteiger charge is -2.07. The number of nitrogens with one attached hydrogen (secondary N) is 3. The van der Waals surface area contributed by atoms with Crippen molar-refractivity contribution in [1.29, 1.82) is 0 Å². The summed E-state index contributed by atoms with van der Waals surface area (Å²) in [5.41, 5.74) is 1.41. The van der Waals surface area contributed by atoms with Gasteiger partial charge >= 0.3 is 0 Å². The van der Waals surface area contributed by atoms with E-state index < -0.39 is 23.1 Å². The van der Waals surface area contributed by atoms with Crippen molar-refractivity contribution < 1.29 is 18.3 Å². The normalized spacial score (nSPS) is 10.9. The highest BCUT2D eigenvalue weighted by molar-refractivity contribution is 6.04. The fourth-order valence-corrected chi connectivity index (χ4v) is 2.65. The molecule has 2 aromatic carbocycles. The summed E-state index contributed by atoms with van der Waals surface area (Å²) in [7, 11) is 1.28. The molecule has 0 spiro atoms. The van der Waals surface area contributed by atoms with Crippen LogP contribution in [-0.4, -0.2) is 33.2 Å². The number of imidazole rings is 1. The number of carbonyl (C=O) groups is 1. The topological polar surface area (TPSA) is 95.7 Å².